The smallest absolute Gasteiger partial charge is 0.337 e. The van der Waals surface area contributed by atoms with Crippen molar-refractivity contribution in [2.24, 2.45) is 0 Å². The molecule has 154 valence electrons. The maximum atomic E-state index is 12.3. The van der Waals surface area contributed by atoms with E-state index in [0.29, 0.717) is 17.8 Å². The molecule has 1 aromatic heterocycles. The molecule has 2 heterocycles. The second-order valence-electron chi connectivity index (χ2n) is 7.11. The van der Waals surface area contributed by atoms with Crippen molar-refractivity contribution in [1.82, 2.24) is 31.1 Å². The SMILES string of the molecule is CCN1NC(Cc2ccc(-c3ccccc3-c3nn[nH]n3)cc2)=C(C(=O)OC)C1C. The molecule has 0 aliphatic carbocycles. The molecule has 2 N–H and O–H groups in total. The Labute approximate surface area is 174 Å². The van der Waals surface area contributed by atoms with Crippen molar-refractivity contribution in [3.05, 3.63) is 65.4 Å². The van der Waals surface area contributed by atoms with E-state index in [-0.39, 0.29) is 12.0 Å². The Kier molecular flexibility index (Phi) is 5.58. The minimum atomic E-state index is -0.286. The van der Waals surface area contributed by atoms with Crippen LogP contribution in [0.5, 0.6) is 0 Å². The van der Waals surface area contributed by atoms with E-state index in [1.165, 1.54) is 7.11 Å². The molecule has 0 bridgehead atoms. The van der Waals surface area contributed by atoms with Crippen LogP contribution in [0.1, 0.15) is 19.4 Å². The number of nitrogens with one attached hydrogen (secondary N) is 2. The zero-order valence-electron chi connectivity index (χ0n) is 17.2. The highest BCUT2D eigenvalue weighted by Gasteiger charge is 2.33. The molecule has 0 radical (unpaired) electrons. The minimum absolute atomic E-state index is 0.0291. The molecule has 0 spiro atoms. The van der Waals surface area contributed by atoms with Crippen LogP contribution in [0.2, 0.25) is 0 Å². The minimum Gasteiger partial charge on any atom is -0.466 e. The summed E-state index contributed by atoms with van der Waals surface area (Å²) < 4.78 is 5.01. The summed E-state index contributed by atoms with van der Waals surface area (Å²) in [5.41, 5.74) is 9.04. The first-order valence-electron chi connectivity index (χ1n) is 9.89. The molecular weight excluding hydrogens is 380 g/mol. The number of hydrazine groups is 1. The first kappa shape index (κ1) is 19.8. The molecule has 2 aromatic carbocycles. The third kappa shape index (κ3) is 3.69. The summed E-state index contributed by atoms with van der Waals surface area (Å²) in [4.78, 5) is 12.3. The Morgan fingerprint density at radius 1 is 1.13 bits per heavy atom. The van der Waals surface area contributed by atoms with E-state index in [9.17, 15) is 4.79 Å². The second kappa shape index (κ2) is 8.46. The Morgan fingerprint density at radius 3 is 2.50 bits per heavy atom. The number of tetrazole rings is 1. The van der Waals surface area contributed by atoms with Crippen LogP contribution < -0.4 is 5.43 Å². The number of carbonyl (C=O) groups excluding carboxylic acids is 1. The van der Waals surface area contributed by atoms with Crippen LogP contribution in [0.15, 0.2) is 59.8 Å². The number of H-pyrrole nitrogens is 1. The quantitative estimate of drug-likeness (QED) is 0.610. The molecule has 0 amide bonds. The molecule has 4 rings (SSSR count). The Balaban J connectivity index is 1.61. The van der Waals surface area contributed by atoms with E-state index < -0.39 is 0 Å². The third-order valence-corrected chi connectivity index (χ3v) is 5.39. The van der Waals surface area contributed by atoms with Gasteiger partial charge in [0.15, 0.2) is 0 Å². The molecule has 1 unspecified atom stereocenters. The number of nitrogens with zero attached hydrogens (tertiary/aromatic N) is 4. The normalized spacial score (nSPS) is 16.6. The molecule has 0 fully saturated rings. The second-order valence-corrected chi connectivity index (χ2v) is 7.11. The number of allylic oxidation sites excluding steroid dienone is 1. The van der Waals surface area contributed by atoms with Crippen molar-refractivity contribution in [1.29, 1.82) is 0 Å². The highest BCUT2D eigenvalue weighted by atomic mass is 16.5. The number of carbonyl (C=O) groups is 1. The number of hydrogen-bond donors (Lipinski definition) is 2. The molecule has 0 saturated carbocycles. The number of aromatic nitrogens is 4. The molecule has 0 saturated heterocycles. The van der Waals surface area contributed by atoms with Crippen molar-refractivity contribution < 1.29 is 9.53 Å². The van der Waals surface area contributed by atoms with Crippen LogP contribution in [-0.2, 0) is 16.0 Å². The maximum absolute atomic E-state index is 12.3. The number of ether oxygens (including phenoxy) is 1. The lowest BCUT2D eigenvalue weighted by Crippen LogP contribution is -2.38. The molecule has 30 heavy (non-hydrogen) atoms. The van der Waals surface area contributed by atoms with Crippen molar-refractivity contribution >= 4 is 5.97 Å². The third-order valence-electron chi connectivity index (χ3n) is 5.39. The lowest BCUT2D eigenvalue weighted by Gasteiger charge is -2.20. The van der Waals surface area contributed by atoms with Gasteiger partial charge in [0, 0.05) is 24.2 Å². The van der Waals surface area contributed by atoms with Crippen LogP contribution in [0.4, 0.5) is 0 Å². The fourth-order valence-corrected chi connectivity index (χ4v) is 3.84. The van der Waals surface area contributed by atoms with Crippen LogP contribution in [-0.4, -0.2) is 51.3 Å². The Bertz CT molecular complexity index is 1060. The van der Waals surface area contributed by atoms with Gasteiger partial charge in [0.2, 0.25) is 5.82 Å². The monoisotopic (exact) mass is 404 g/mol. The summed E-state index contributed by atoms with van der Waals surface area (Å²) in [5.74, 6) is 0.276. The van der Waals surface area contributed by atoms with Crippen molar-refractivity contribution in [3.63, 3.8) is 0 Å². The molecule has 3 aromatic rings. The van der Waals surface area contributed by atoms with Crippen LogP contribution in [0.25, 0.3) is 22.5 Å². The van der Waals surface area contributed by atoms with E-state index in [1.54, 1.807) is 0 Å². The summed E-state index contributed by atoms with van der Waals surface area (Å²) in [7, 11) is 1.42. The van der Waals surface area contributed by atoms with E-state index in [0.717, 1.165) is 34.5 Å². The van der Waals surface area contributed by atoms with Gasteiger partial charge in [0.1, 0.15) is 0 Å². The molecule has 8 nitrogen and oxygen atoms in total. The van der Waals surface area contributed by atoms with Crippen molar-refractivity contribution in [2.75, 3.05) is 13.7 Å². The van der Waals surface area contributed by atoms with Crippen LogP contribution in [0.3, 0.4) is 0 Å². The van der Waals surface area contributed by atoms with E-state index in [4.69, 9.17) is 4.74 Å². The lowest BCUT2D eigenvalue weighted by molar-refractivity contribution is -0.136. The van der Waals surface area contributed by atoms with E-state index in [1.807, 2.05) is 36.2 Å². The average Bonchev–Trinajstić information content (AvgIpc) is 3.42. The van der Waals surface area contributed by atoms with E-state index >= 15 is 0 Å². The number of esters is 1. The predicted octanol–water partition coefficient (Wildman–Crippen LogP) is 2.73. The van der Waals surface area contributed by atoms with Gasteiger partial charge < -0.3 is 10.2 Å². The summed E-state index contributed by atoms with van der Waals surface area (Å²) in [6, 6.07) is 16.2. The summed E-state index contributed by atoms with van der Waals surface area (Å²) >= 11 is 0. The molecule has 1 aliphatic heterocycles. The number of rotatable bonds is 6. The van der Waals surface area contributed by atoms with Crippen molar-refractivity contribution in [2.45, 2.75) is 26.3 Å². The van der Waals surface area contributed by atoms with Gasteiger partial charge in [-0.3, -0.25) is 0 Å². The van der Waals surface area contributed by atoms with Gasteiger partial charge in [-0.1, -0.05) is 55.5 Å². The Morgan fingerprint density at radius 2 is 1.87 bits per heavy atom. The van der Waals surface area contributed by atoms with Crippen LogP contribution in [0, 0.1) is 0 Å². The lowest BCUT2D eigenvalue weighted by atomic mass is 9.97. The highest BCUT2D eigenvalue weighted by Crippen LogP contribution is 2.30. The van der Waals surface area contributed by atoms with Gasteiger partial charge in [-0.05, 0) is 28.8 Å². The number of benzene rings is 2. The molecule has 1 atom stereocenters. The molecule has 8 heteroatoms. The maximum Gasteiger partial charge on any atom is 0.337 e. The Hall–Kier alpha value is -3.52. The number of aromatic amines is 1. The van der Waals surface area contributed by atoms with Gasteiger partial charge in [0.25, 0.3) is 0 Å². The van der Waals surface area contributed by atoms with Gasteiger partial charge in [-0.15, -0.1) is 10.2 Å². The highest BCUT2D eigenvalue weighted by molar-refractivity contribution is 5.91. The molecule has 1 aliphatic rings. The number of likely N-dealkylation sites (N-methyl/N-ethyl adjacent to an activating group) is 1. The van der Waals surface area contributed by atoms with E-state index in [2.05, 4.69) is 57.2 Å². The first-order chi connectivity index (χ1) is 14.6. The number of hydrogen-bond acceptors (Lipinski definition) is 7. The average molecular weight is 404 g/mol. The first-order valence-corrected chi connectivity index (χ1v) is 9.89. The number of methoxy groups -OCH3 is 1. The standard InChI is InChI=1S/C22H24N6O2/c1-4-28-14(2)20(22(29)30-3)19(25-28)13-15-9-11-16(12-10-15)17-7-5-6-8-18(17)21-23-26-27-24-21/h5-12,14,25H,4,13H2,1-3H3,(H,23,24,26,27). The topological polar surface area (TPSA) is 96.0 Å². The largest absolute Gasteiger partial charge is 0.466 e. The van der Waals surface area contributed by atoms with Crippen molar-refractivity contribution in [3.8, 4) is 22.5 Å². The zero-order valence-corrected chi connectivity index (χ0v) is 17.2. The summed E-state index contributed by atoms with van der Waals surface area (Å²) in [6.45, 7) is 4.85. The summed E-state index contributed by atoms with van der Waals surface area (Å²) in [6.07, 6.45) is 0.623. The fraction of sp³-hybridized carbons (Fsp3) is 0.273. The van der Waals surface area contributed by atoms with Crippen LogP contribution >= 0.6 is 0 Å². The fourth-order valence-electron chi connectivity index (χ4n) is 3.84. The van der Waals surface area contributed by atoms with Gasteiger partial charge in [-0.2, -0.15) is 5.21 Å². The zero-order chi connectivity index (χ0) is 21.1. The molecular formula is C22H24N6O2. The van der Waals surface area contributed by atoms with Gasteiger partial charge in [-0.25, -0.2) is 9.80 Å². The predicted molar refractivity (Wildman–Crippen MR) is 113 cm³/mol. The van der Waals surface area contributed by atoms with Gasteiger partial charge in [0.05, 0.1) is 18.7 Å². The summed E-state index contributed by atoms with van der Waals surface area (Å²) in [5, 5.41) is 16.4. The van der Waals surface area contributed by atoms with Gasteiger partial charge >= 0.3 is 5.97 Å².